The first-order valence-electron chi connectivity index (χ1n) is 6.30. The van der Waals surface area contributed by atoms with E-state index in [9.17, 15) is 8.78 Å². The van der Waals surface area contributed by atoms with Crippen molar-refractivity contribution >= 4 is 0 Å². The van der Waals surface area contributed by atoms with Crippen LogP contribution in [-0.4, -0.2) is 16.7 Å². The third-order valence-corrected chi connectivity index (χ3v) is 2.51. The van der Waals surface area contributed by atoms with Crippen molar-refractivity contribution < 1.29 is 18.6 Å². The minimum atomic E-state index is -0.643. The summed E-state index contributed by atoms with van der Waals surface area (Å²) in [5.41, 5.74) is 1.04. The Balaban J connectivity index is 2.03. The number of aliphatic hydroxyl groups is 1. The third-order valence-electron chi connectivity index (χ3n) is 2.51. The van der Waals surface area contributed by atoms with Gasteiger partial charge in [0.1, 0.15) is 24.0 Å². The first kappa shape index (κ1) is 14.9. The van der Waals surface area contributed by atoms with Crippen LogP contribution in [0.4, 0.5) is 8.78 Å². The molecule has 0 radical (unpaired) electrons. The maximum absolute atomic E-state index is 13.0. The zero-order valence-electron chi connectivity index (χ0n) is 11.1. The van der Waals surface area contributed by atoms with Gasteiger partial charge in [0.15, 0.2) is 0 Å². The molecule has 1 N–H and O–H groups in total. The third kappa shape index (κ3) is 4.86. The summed E-state index contributed by atoms with van der Waals surface area (Å²) in [5, 5.41) is 8.65. The van der Waals surface area contributed by atoms with Crippen molar-refractivity contribution in [3.05, 3.63) is 59.4 Å². The molecule has 0 aliphatic heterocycles. The van der Waals surface area contributed by atoms with E-state index in [2.05, 4.69) is 16.8 Å². The highest BCUT2D eigenvalue weighted by Gasteiger charge is 2.02. The first-order valence-corrected chi connectivity index (χ1v) is 6.30. The average molecular weight is 289 g/mol. The second kappa shape index (κ2) is 7.36. The SMILES string of the molecule is OCCC#Cc1cncc(OCc2cc(F)cc(F)c2)c1. The summed E-state index contributed by atoms with van der Waals surface area (Å²) in [5.74, 6) is 4.77. The van der Waals surface area contributed by atoms with Crippen molar-refractivity contribution in [2.45, 2.75) is 13.0 Å². The van der Waals surface area contributed by atoms with Gasteiger partial charge in [0.25, 0.3) is 0 Å². The Morgan fingerprint density at radius 1 is 1.10 bits per heavy atom. The lowest BCUT2D eigenvalue weighted by Gasteiger charge is -2.06. The molecule has 0 bridgehead atoms. The molecule has 108 valence electrons. The van der Waals surface area contributed by atoms with Crippen LogP contribution < -0.4 is 4.74 Å². The molecule has 0 saturated carbocycles. The molecule has 1 aromatic heterocycles. The van der Waals surface area contributed by atoms with Crippen LogP contribution in [0.3, 0.4) is 0 Å². The van der Waals surface area contributed by atoms with Gasteiger partial charge in [-0.2, -0.15) is 0 Å². The van der Waals surface area contributed by atoms with Crippen LogP contribution in [0.25, 0.3) is 0 Å². The molecule has 0 atom stereocenters. The van der Waals surface area contributed by atoms with E-state index in [4.69, 9.17) is 9.84 Å². The van der Waals surface area contributed by atoms with Crippen molar-refractivity contribution in [3.63, 3.8) is 0 Å². The van der Waals surface area contributed by atoms with E-state index in [1.54, 1.807) is 12.3 Å². The maximum atomic E-state index is 13.0. The lowest BCUT2D eigenvalue weighted by atomic mass is 10.2. The van der Waals surface area contributed by atoms with Crippen molar-refractivity contribution in [1.29, 1.82) is 0 Å². The van der Waals surface area contributed by atoms with Crippen LogP contribution in [-0.2, 0) is 6.61 Å². The molecule has 1 aromatic carbocycles. The normalized spacial score (nSPS) is 9.86. The number of ether oxygens (including phenoxy) is 1. The predicted octanol–water partition coefficient (Wildman–Crippen LogP) is 2.67. The fraction of sp³-hybridized carbons (Fsp3) is 0.188. The quantitative estimate of drug-likeness (QED) is 0.880. The molecular weight excluding hydrogens is 276 g/mol. The molecule has 0 saturated heterocycles. The molecular formula is C16H13F2NO2. The van der Waals surface area contributed by atoms with Crippen LogP contribution in [0.2, 0.25) is 0 Å². The van der Waals surface area contributed by atoms with Gasteiger partial charge in [-0.1, -0.05) is 11.8 Å². The molecule has 0 amide bonds. The lowest BCUT2D eigenvalue weighted by molar-refractivity contribution is 0.303. The van der Waals surface area contributed by atoms with E-state index in [0.29, 0.717) is 23.3 Å². The molecule has 0 aliphatic carbocycles. The zero-order valence-corrected chi connectivity index (χ0v) is 11.1. The minimum absolute atomic E-state index is 0.00174. The van der Waals surface area contributed by atoms with Crippen LogP contribution in [0.15, 0.2) is 36.7 Å². The van der Waals surface area contributed by atoms with Gasteiger partial charge in [-0.3, -0.25) is 4.98 Å². The van der Waals surface area contributed by atoms with E-state index in [1.807, 2.05) is 0 Å². The lowest BCUT2D eigenvalue weighted by Crippen LogP contribution is -1.98. The number of pyridine rings is 1. The van der Waals surface area contributed by atoms with Gasteiger partial charge in [-0.25, -0.2) is 8.78 Å². The van der Waals surface area contributed by atoms with Crippen molar-refractivity contribution in [1.82, 2.24) is 4.98 Å². The van der Waals surface area contributed by atoms with E-state index in [1.165, 1.54) is 18.3 Å². The van der Waals surface area contributed by atoms with E-state index >= 15 is 0 Å². The number of halogens is 2. The molecule has 2 aromatic rings. The molecule has 21 heavy (non-hydrogen) atoms. The summed E-state index contributed by atoms with van der Waals surface area (Å²) < 4.78 is 31.5. The van der Waals surface area contributed by atoms with Gasteiger partial charge in [0, 0.05) is 24.2 Å². The number of aromatic nitrogens is 1. The van der Waals surface area contributed by atoms with Gasteiger partial charge in [-0.15, -0.1) is 0 Å². The Hall–Kier alpha value is -2.45. The average Bonchev–Trinajstić information content (AvgIpc) is 2.45. The summed E-state index contributed by atoms with van der Waals surface area (Å²) >= 11 is 0. The second-order valence-corrected chi connectivity index (χ2v) is 4.25. The summed E-state index contributed by atoms with van der Waals surface area (Å²) in [6.45, 7) is 0.0334. The van der Waals surface area contributed by atoms with Gasteiger partial charge in [-0.05, 0) is 23.8 Å². The van der Waals surface area contributed by atoms with Crippen molar-refractivity contribution in [2.75, 3.05) is 6.61 Å². The molecule has 0 spiro atoms. The summed E-state index contributed by atoms with van der Waals surface area (Å²) in [6.07, 6.45) is 3.44. The van der Waals surface area contributed by atoms with E-state index in [0.717, 1.165) is 6.07 Å². The second-order valence-electron chi connectivity index (χ2n) is 4.25. The largest absolute Gasteiger partial charge is 0.487 e. The topological polar surface area (TPSA) is 42.4 Å². The monoisotopic (exact) mass is 289 g/mol. The standard InChI is InChI=1S/C16H13F2NO2/c17-14-5-13(6-15(18)8-14)11-21-16-7-12(9-19-10-16)3-1-2-4-20/h5-10,20H,2,4,11H2. The molecule has 0 unspecified atom stereocenters. The summed E-state index contributed by atoms with van der Waals surface area (Å²) in [7, 11) is 0. The number of hydrogen-bond donors (Lipinski definition) is 1. The molecule has 0 aliphatic rings. The first-order chi connectivity index (χ1) is 10.2. The highest BCUT2D eigenvalue weighted by atomic mass is 19.1. The van der Waals surface area contributed by atoms with Crippen LogP contribution in [0.1, 0.15) is 17.5 Å². The predicted molar refractivity (Wildman–Crippen MR) is 73.5 cm³/mol. The van der Waals surface area contributed by atoms with Crippen LogP contribution >= 0.6 is 0 Å². The maximum Gasteiger partial charge on any atom is 0.139 e. The fourth-order valence-corrected chi connectivity index (χ4v) is 1.65. The van der Waals surface area contributed by atoms with Gasteiger partial charge < -0.3 is 9.84 Å². The van der Waals surface area contributed by atoms with E-state index in [-0.39, 0.29) is 13.2 Å². The number of hydrogen-bond acceptors (Lipinski definition) is 3. The molecule has 1 heterocycles. The number of aliphatic hydroxyl groups excluding tert-OH is 1. The van der Waals surface area contributed by atoms with Gasteiger partial charge >= 0.3 is 0 Å². The highest BCUT2D eigenvalue weighted by Crippen LogP contribution is 2.14. The van der Waals surface area contributed by atoms with Crippen molar-refractivity contribution in [3.8, 4) is 17.6 Å². The Kier molecular flexibility index (Phi) is 5.24. The summed E-state index contributed by atoms with van der Waals surface area (Å²) in [6, 6.07) is 4.90. The Morgan fingerprint density at radius 2 is 1.86 bits per heavy atom. The molecule has 3 nitrogen and oxygen atoms in total. The Morgan fingerprint density at radius 3 is 2.57 bits per heavy atom. The minimum Gasteiger partial charge on any atom is -0.487 e. The highest BCUT2D eigenvalue weighted by molar-refractivity contribution is 5.36. The Bertz CT molecular complexity index is 657. The van der Waals surface area contributed by atoms with E-state index < -0.39 is 11.6 Å². The number of rotatable bonds is 4. The van der Waals surface area contributed by atoms with Crippen molar-refractivity contribution in [2.24, 2.45) is 0 Å². The number of benzene rings is 1. The smallest absolute Gasteiger partial charge is 0.139 e. The number of nitrogens with zero attached hydrogens (tertiary/aromatic N) is 1. The molecule has 0 fully saturated rings. The fourth-order valence-electron chi connectivity index (χ4n) is 1.65. The molecule has 2 rings (SSSR count). The summed E-state index contributed by atoms with van der Waals surface area (Å²) in [4.78, 5) is 3.97. The Labute approximate surface area is 121 Å². The van der Waals surface area contributed by atoms with Gasteiger partial charge in [0.2, 0.25) is 0 Å². The molecule has 5 heteroatoms. The van der Waals surface area contributed by atoms with Crippen LogP contribution in [0, 0.1) is 23.5 Å². The van der Waals surface area contributed by atoms with Crippen LogP contribution in [0.5, 0.6) is 5.75 Å². The zero-order chi connectivity index (χ0) is 15.1. The van der Waals surface area contributed by atoms with Gasteiger partial charge in [0.05, 0.1) is 12.8 Å².